The van der Waals surface area contributed by atoms with E-state index in [1.807, 2.05) is 0 Å². The zero-order chi connectivity index (χ0) is 8.55. The fourth-order valence-corrected chi connectivity index (χ4v) is 1.55. The Balaban J connectivity index is 2.37. The van der Waals surface area contributed by atoms with E-state index in [1.54, 1.807) is 6.20 Å². The number of nitrogen functional groups attached to an aromatic ring is 1. The number of hydrogen-bond donors (Lipinski definition) is 2. The van der Waals surface area contributed by atoms with E-state index in [2.05, 4.69) is 9.97 Å². The van der Waals surface area contributed by atoms with Crippen molar-refractivity contribution in [3.63, 3.8) is 0 Å². The van der Waals surface area contributed by atoms with Crippen molar-refractivity contribution in [3.05, 3.63) is 17.5 Å². The van der Waals surface area contributed by atoms with Gasteiger partial charge in [0.2, 0.25) is 5.95 Å². The van der Waals surface area contributed by atoms with Crippen LogP contribution in [0.25, 0.3) is 0 Å². The van der Waals surface area contributed by atoms with Crippen LogP contribution in [-0.4, -0.2) is 16.0 Å². The van der Waals surface area contributed by atoms with Crippen LogP contribution < -0.4 is 11.5 Å². The number of nitrogens with zero attached hydrogens (tertiary/aromatic N) is 2. The fourth-order valence-electron chi connectivity index (χ4n) is 1.55. The smallest absolute Gasteiger partial charge is 0.220 e. The zero-order valence-corrected chi connectivity index (χ0v) is 6.83. The van der Waals surface area contributed by atoms with E-state index >= 15 is 0 Å². The van der Waals surface area contributed by atoms with Gasteiger partial charge >= 0.3 is 0 Å². The normalized spacial score (nSPS) is 21.9. The molecule has 64 valence electrons. The molecule has 0 radical (unpaired) electrons. The summed E-state index contributed by atoms with van der Waals surface area (Å²) < 4.78 is 0. The summed E-state index contributed by atoms with van der Waals surface area (Å²) in [5.41, 5.74) is 13.5. The number of rotatable bonds is 0. The third-order valence-corrected chi connectivity index (χ3v) is 2.21. The summed E-state index contributed by atoms with van der Waals surface area (Å²) in [4.78, 5) is 8.10. The summed E-state index contributed by atoms with van der Waals surface area (Å²) in [5.74, 6) is 0.365. The van der Waals surface area contributed by atoms with Crippen LogP contribution in [0, 0.1) is 0 Å². The average molecular weight is 164 g/mol. The van der Waals surface area contributed by atoms with Gasteiger partial charge in [-0.05, 0) is 24.8 Å². The van der Waals surface area contributed by atoms with Gasteiger partial charge in [-0.1, -0.05) is 0 Å². The van der Waals surface area contributed by atoms with Gasteiger partial charge in [0.25, 0.3) is 0 Å². The Bertz CT molecular complexity index is 297. The third kappa shape index (κ3) is 1.25. The molecule has 0 saturated heterocycles. The number of hydrogen-bond acceptors (Lipinski definition) is 4. The standard InChI is InChI=1S/C8H12N4/c9-6-1-2-7-5(3-6)4-11-8(10)12-7/h4,6H,1-3,9H2,(H2,10,11,12)/t6-/m1/s1. The van der Waals surface area contributed by atoms with Gasteiger partial charge in [-0.25, -0.2) is 9.97 Å². The predicted molar refractivity (Wildman–Crippen MR) is 46.4 cm³/mol. The summed E-state index contributed by atoms with van der Waals surface area (Å²) in [5, 5.41) is 0. The van der Waals surface area contributed by atoms with Crippen molar-refractivity contribution >= 4 is 5.95 Å². The van der Waals surface area contributed by atoms with Crippen molar-refractivity contribution in [2.24, 2.45) is 5.73 Å². The second-order valence-electron chi connectivity index (χ2n) is 3.20. The minimum absolute atomic E-state index is 0.268. The highest BCUT2D eigenvalue weighted by atomic mass is 15.0. The molecule has 1 aromatic rings. The van der Waals surface area contributed by atoms with Crippen LogP contribution in [0.5, 0.6) is 0 Å². The van der Waals surface area contributed by atoms with E-state index in [1.165, 1.54) is 0 Å². The van der Waals surface area contributed by atoms with Crippen LogP contribution in [-0.2, 0) is 12.8 Å². The van der Waals surface area contributed by atoms with Crippen molar-refractivity contribution < 1.29 is 0 Å². The van der Waals surface area contributed by atoms with Crippen molar-refractivity contribution in [2.75, 3.05) is 5.73 Å². The Morgan fingerprint density at radius 2 is 2.33 bits per heavy atom. The number of aromatic nitrogens is 2. The molecule has 1 aliphatic rings. The lowest BCUT2D eigenvalue weighted by Gasteiger charge is -2.19. The van der Waals surface area contributed by atoms with Crippen LogP contribution in [0.2, 0.25) is 0 Å². The molecular weight excluding hydrogens is 152 g/mol. The average Bonchev–Trinajstić information content (AvgIpc) is 2.05. The quantitative estimate of drug-likeness (QED) is 0.560. The van der Waals surface area contributed by atoms with Crippen molar-refractivity contribution in [3.8, 4) is 0 Å². The number of aryl methyl sites for hydroxylation is 1. The summed E-state index contributed by atoms with van der Waals surface area (Å²) in [6, 6.07) is 0.268. The molecule has 0 aliphatic heterocycles. The molecule has 4 heteroatoms. The molecule has 1 aromatic heterocycles. The van der Waals surface area contributed by atoms with Crippen molar-refractivity contribution in [1.29, 1.82) is 0 Å². The lowest BCUT2D eigenvalue weighted by Crippen LogP contribution is -2.28. The lowest BCUT2D eigenvalue weighted by atomic mass is 9.94. The molecule has 0 aromatic carbocycles. The van der Waals surface area contributed by atoms with Gasteiger partial charge in [-0.3, -0.25) is 0 Å². The monoisotopic (exact) mass is 164 g/mol. The lowest BCUT2D eigenvalue weighted by molar-refractivity contribution is 0.564. The number of anilines is 1. The second kappa shape index (κ2) is 2.71. The minimum atomic E-state index is 0.268. The maximum Gasteiger partial charge on any atom is 0.220 e. The van der Waals surface area contributed by atoms with E-state index in [9.17, 15) is 0 Å². The molecule has 0 bridgehead atoms. The molecule has 0 unspecified atom stereocenters. The largest absolute Gasteiger partial charge is 0.368 e. The molecule has 0 fully saturated rings. The summed E-state index contributed by atoms with van der Waals surface area (Å²) in [6.07, 6.45) is 4.61. The van der Waals surface area contributed by atoms with E-state index in [0.29, 0.717) is 5.95 Å². The van der Waals surface area contributed by atoms with Crippen LogP contribution in [0.15, 0.2) is 6.20 Å². The van der Waals surface area contributed by atoms with Crippen LogP contribution in [0.4, 0.5) is 5.95 Å². The highest BCUT2D eigenvalue weighted by Gasteiger charge is 2.16. The summed E-state index contributed by atoms with van der Waals surface area (Å²) >= 11 is 0. The van der Waals surface area contributed by atoms with Gasteiger partial charge in [-0.2, -0.15) is 0 Å². The molecule has 0 amide bonds. The Kier molecular flexibility index (Phi) is 1.69. The molecule has 2 rings (SSSR count). The maximum absolute atomic E-state index is 5.80. The van der Waals surface area contributed by atoms with E-state index < -0.39 is 0 Å². The SMILES string of the molecule is Nc1ncc2c(n1)CC[C@@H](N)C2. The summed E-state index contributed by atoms with van der Waals surface area (Å²) in [7, 11) is 0. The first-order valence-corrected chi connectivity index (χ1v) is 4.11. The maximum atomic E-state index is 5.80. The molecule has 12 heavy (non-hydrogen) atoms. The van der Waals surface area contributed by atoms with Crippen molar-refractivity contribution in [1.82, 2.24) is 9.97 Å². The van der Waals surface area contributed by atoms with E-state index in [4.69, 9.17) is 11.5 Å². The van der Waals surface area contributed by atoms with Gasteiger partial charge in [-0.15, -0.1) is 0 Å². The topological polar surface area (TPSA) is 77.8 Å². The highest BCUT2D eigenvalue weighted by Crippen LogP contribution is 2.17. The molecule has 1 heterocycles. The van der Waals surface area contributed by atoms with Gasteiger partial charge in [0.15, 0.2) is 0 Å². The van der Waals surface area contributed by atoms with Gasteiger partial charge in [0.1, 0.15) is 0 Å². The first-order chi connectivity index (χ1) is 5.75. The zero-order valence-electron chi connectivity index (χ0n) is 6.83. The van der Waals surface area contributed by atoms with Crippen LogP contribution in [0.1, 0.15) is 17.7 Å². The molecule has 4 nitrogen and oxygen atoms in total. The fraction of sp³-hybridized carbons (Fsp3) is 0.500. The molecular formula is C8H12N4. The number of fused-ring (bicyclic) bond motifs is 1. The molecule has 0 saturated carbocycles. The van der Waals surface area contributed by atoms with Gasteiger partial charge in [0, 0.05) is 17.9 Å². The van der Waals surface area contributed by atoms with Crippen molar-refractivity contribution in [2.45, 2.75) is 25.3 Å². The second-order valence-corrected chi connectivity index (χ2v) is 3.20. The third-order valence-electron chi connectivity index (χ3n) is 2.21. The predicted octanol–water partition coefficient (Wildman–Crippen LogP) is -0.125. The molecule has 0 spiro atoms. The van der Waals surface area contributed by atoms with Crippen LogP contribution in [0.3, 0.4) is 0 Å². The van der Waals surface area contributed by atoms with E-state index in [0.717, 1.165) is 30.5 Å². The Morgan fingerprint density at radius 3 is 3.17 bits per heavy atom. The van der Waals surface area contributed by atoms with Gasteiger partial charge < -0.3 is 11.5 Å². The Morgan fingerprint density at radius 1 is 1.50 bits per heavy atom. The molecule has 1 aliphatic carbocycles. The molecule has 1 atom stereocenters. The minimum Gasteiger partial charge on any atom is -0.368 e. The van der Waals surface area contributed by atoms with Crippen LogP contribution >= 0.6 is 0 Å². The summed E-state index contributed by atoms with van der Waals surface area (Å²) in [6.45, 7) is 0. The highest BCUT2D eigenvalue weighted by molar-refractivity contribution is 5.27. The first kappa shape index (κ1) is 7.49. The van der Waals surface area contributed by atoms with E-state index in [-0.39, 0.29) is 6.04 Å². The first-order valence-electron chi connectivity index (χ1n) is 4.11. The Hall–Kier alpha value is -1.16. The number of nitrogens with two attached hydrogens (primary N) is 2. The Labute approximate surface area is 71.0 Å². The molecule has 4 N–H and O–H groups in total. The van der Waals surface area contributed by atoms with Gasteiger partial charge in [0.05, 0.1) is 0 Å².